The van der Waals surface area contributed by atoms with Gasteiger partial charge in [-0.05, 0) is 39.5 Å². The summed E-state index contributed by atoms with van der Waals surface area (Å²) >= 11 is 5.22. The molecular formula is C16H20BrNOS. The predicted octanol–water partition coefficient (Wildman–Crippen LogP) is 4.80. The average molecular weight is 354 g/mol. The maximum Gasteiger partial charge on any atom is 0.122 e. The first-order chi connectivity index (χ1) is 9.66. The Balaban J connectivity index is 1.73. The first-order valence-corrected chi connectivity index (χ1v) is 8.49. The van der Waals surface area contributed by atoms with Crippen molar-refractivity contribution in [2.24, 2.45) is 0 Å². The molecule has 2 nitrogen and oxygen atoms in total. The van der Waals surface area contributed by atoms with Crippen LogP contribution in [-0.4, -0.2) is 13.2 Å². The molecule has 0 atom stereocenters. The van der Waals surface area contributed by atoms with Crippen molar-refractivity contribution in [1.82, 2.24) is 5.32 Å². The number of halogens is 1. The van der Waals surface area contributed by atoms with E-state index in [0.29, 0.717) is 12.5 Å². The van der Waals surface area contributed by atoms with Crippen molar-refractivity contribution in [3.8, 4) is 5.75 Å². The van der Waals surface area contributed by atoms with Gasteiger partial charge in [0, 0.05) is 27.8 Å². The summed E-state index contributed by atoms with van der Waals surface area (Å²) in [5.74, 6) is 1.49. The Kier molecular flexibility index (Phi) is 6.07. The van der Waals surface area contributed by atoms with Crippen LogP contribution in [0, 0.1) is 0 Å². The van der Waals surface area contributed by atoms with Gasteiger partial charge in [0.15, 0.2) is 0 Å². The summed E-state index contributed by atoms with van der Waals surface area (Å²) < 4.78 is 7.03. The van der Waals surface area contributed by atoms with Gasteiger partial charge in [0.2, 0.25) is 0 Å². The third kappa shape index (κ3) is 4.62. The molecule has 1 N–H and O–H groups in total. The number of thiophene rings is 1. The number of ether oxygens (including phenoxy) is 1. The van der Waals surface area contributed by atoms with E-state index in [9.17, 15) is 0 Å². The molecule has 4 heteroatoms. The smallest absolute Gasteiger partial charge is 0.122 e. The SMILES string of the molecule is CC(C)c1ccccc1OCCNCc1cc(Br)cs1. The minimum atomic E-state index is 0.489. The normalized spacial score (nSPS) is 11.0. The minimum Gasteiger partial charge on any atom is -0.492 e. The zero-order valence-electron chi connectivity index (χ0n) is 11.9. The van der Waals surface area contributed by atoms with Crippen LogP contribution in [-0.2, 0) is 6.54 Å². The highest BCUT2D eigenvalue weighted by Crippen LogP contribution is 2.25. The minimum absolute atomic E-state index is 0.489. The lowest BCUT2D eigenvalue weighted by atomic mass is 10.0. The van der Waals surface area contributed by atoms with E-state index < -0.39 is 0 Å². The third-order valence-electron chi connectivity index (χ3n) is 3.00. The number of para-hydroxylation sites is 1. The monoisotopic (exact) mass is 353 g/mol. The Bertz CT molecular complexity index is 539. The van der Waals surface area contributed by atoms with Crippen molar-refractivity contribution in [3.63, 3.8) is 0 Å². The van der Waals surface area contributed by atoms with Crippen molar-refractivity contribution in [2.75, 3.05) is 13.2 Å². The molecule has 0 spiro atoms. The van der Waals surface area contributed by atoms with Crippen LogP contribution in [0.15, 0.2) is 40.2 Å². The lowest BCUT2D eigenvalue weighted by Gasteiger charge is -2.13. The van der Waals surface area contributed by atoms with Crippen molar-refractivity contribution in [1.29, 1.82) is 0 Å². The summed E-state index contributed by atoms with van der Waals surface area (Å²) in [5.41, 5.74) is 1.27. The number of nitrogens with one attached hydrogen (secondary N) is 1. The summed E-state index contributed by atoms with van der Waals surface area (Å²) in [6.07, 6.45) is 0. The molecule has 108 valence electrons. The van der Waals surface area contributed by atoms with Crippen LogP contribution in [0.2, 0.25) is 0 Å². The van der Waals surface area contributed by atoms with Crippen molar-refractivity contribution < 1.29 is 4.74 Å². The Morgan fingerprint density at radius 1 is 1.30 bits per heavy atom. The quantitative estimate of drug-likeness (QED) is 0.721. The van der Waals surface area contributed by atoms with E-state index in [1.54, 1.807) is 11.3 Å². The molecule has 0 aliphatic carbocycles. The van der Waals surface area contributed by atoms with Gasteiger partial charge < -0.3 is 10.1 Å². The zero-order chi connectivity index (χ0) is 14.4. The molecule has 0 amide bonds. The van der Waals surface area contributed by atoms with Crippen LogP contribution in [0.4, 0.5) is 0 Å². The van der Waals surface area contributed by atoms with E-state index in [1.807, 2.05) is 12.1 Å². The maximum atomic E-state index is 5.87. The Morgan fingerprint density at radius 2 is 2.10 bits per heavy atom. The van der Waals surface area contributed by atoms with Crippen LogP contribution >= 0.6 is 27.3 Å². The van der Waals surface area contributed by atoms with Gasteiger partial charge >= 0.3 is 0 Å². The second-order valence-electron chi connectivity index (χ2n) is 4.95. The molecule has 1 heterocycles. The van der Waals surface area contributed by atoms with Gasteiger partial charge in [0.25, 0.3) is 0 Å². The number of rotatable bonds is 7. The fourth-order valence-electron chi connectivity index (χ4n) is 1.98. The standard InChI is InChI=1S/C16H20BrNOS/c1-12(2)15-5-3-4-6-16(15)19-8-7-18-10-14-9-13(17)11-20-14/h3-6,9,11-12,18H,7-8,10H2,1-2H3. The van der Waals surface area contributed by atoms with Gasteiger partial charge in [0.05, 0.1) is 0 Å². The van der Waals surface area contributed by atoms with Crippen LogP contribution < -0.4 is 10.1 Å². The molecule has 2 aromatic rings. The first-order valence-electron chi connectivity index (χ1n) is 6.82. The third-order valence-corrected chi connectivity index (χ3v) is 4.70. The van der Waals surface area contributed by atoms with Gasteiger partial charge in [-0.1, -0.05) is 32.0 Å². The highest BCUT2D eigenvalue weighted by Gasteiger charge is 2.06. The van der Waals surface area contributed by atoms with Crippen molar-refractivity contribution >= 4 is 27.3 Å². The lowest BCUT2D eigenvalue weighted by Crippen LogP contribution is -2.20. The molecule has 0 saturated heterocycles. The molecule has 0 fully saturated rings. The van der Waals surface area contributed by atoms with Crippen molar-refractivity contribution in [2.45, 2.75) is 26.3 Å². The molecule has 1 aromatic heterocycles. The second-order valence-corrected chi connectivity index (χ2v) is 6.86. The first kappa shape index (κ1) is 15.5. The number of benzene rings is 1. The topological polar surface area (TPSA) is 21.3 Å². The molecular weight excluding hydrogens is 334 g/mol. The molecule has 20 heavy (non-hydrogen) atoms. The highest BCUT2D eigenvalue weighted by atomic mass is 79.9. The maximum absolute atomic E-state index is 5.87. The summed E-state index contributed by atoms with van der Waals surface area (Å²) in [6, 6.07) is 10.4. The Morgan fingerprint density at radius 3 is 2.80 bits per heavy atom. The van der Waals surface area contributed by atoms with E-state index in [-0.39, 0.29) is 0 Å². The van der Waals surface area contributed by atoms with E-state index in [1.165, 1.54) is 10.4 Å². The molecule has 0 saturated carbocycles. The van der Waals surface area contributed by atoms with Gasteiger partial charge in [-0.25, -0.2) is 0 Å². The Labute approximate surface area is 133 Å². The average Bonchev–Trinajstić information content (AvgIpc) is 2.84. The van der Waals surface area contributed by atoms with E-state index in [4.69, 9.17) is 4.74 Å². The summed E-state index contributed by atoms with van der Waals surface area (Å²) in [6.45, 7) is 6.81. The van der Waals surface area contributed by atoms with E-state index >= 15 is 0 Å². The Hall–Kier alpha value is -0.840. The van der Waals surface area contributed by atoms with Crippen LogP contribution in [0.1, 0.15) is 30.2 Å². The van der Waals surface area contributed by atoms with E-state index in [2.05, 4.69) is 58.7 Å². The largest absolute Gasteiger partial charge is 0.492 e. The number of hydrogen-bond donors (Lipinski definition) is 1. The summed E-state index contributed by atoms with van der Waals surface area (Å²) in [5, 5.41) is 5.50. The second kappa shape index (κ2) is 7.81. The fraction of sp³-hybridized carbons (Fsp3) is 0.375. The summed E-state index contributed by atoms with van der Waals surface area (Å²) in [7, 11) is 0. The fourth-order valence-corrected chi connectivity index (χ4v) is 3.40. The molecule has 2 rings (SSSR count). The molecule has 1 aromatic carbocycles. The highest BCUT2D eigenvalue weighted by molar-refractivity contribution is 9.10. The molecule has 0 aliphatic heterocycles. The van der Waals surface area contributed by atoms with Crippen molar-refractivity contribution in [3.05, 3.63) is 50.6 Å². The van der Waals surface area contributed by atoms with E-state index in [0.717, 1.165) is 23.3 Å². The molecule has 0 unspecified atom stereocenters. The van der Waals surface area contributed by atoms with Gasteiger partial charge in [-0.3, -0.25) is 0 Å². The predicted molar refractivity (Wildman–Crippen MR) is 89.8 cm³/mol. The van der Waals surface area contributed by atoms with Gasteiger partial charge in [-0.2, -0.15) is 0 Å². The zero-order valence-corrected chi connectivity index (χ0v) is 14.3. The summed E-state index contributed by atoms with van der Waals surface area (Å²) in [4.78, 5) is 1.33. The van der Waals surface area contributed by atoms with Crippen LogP contribution in [0.25, 0.3) is 0 Å². The van der Waals surface area contributed by atoms with Crippen LogP contribution in [0.3, 0.4) is 0 Å². The lowest BCUT2D eigenvalue weighted by molar-refractivity contribution is 0.309. The molecule has 0 bridgehead atoms. The molecule has 0 aliphatic rings. The van der Waals surface area contributed by atoms with Gasteiger partial charge in [-0.15, -0.1) is 11.3 Å². The van der Waals surface area contributed by atoms with Crippen LogP contribution in [0.5, 0.6) is 5.75 Å². The van der Waals surface area contributed by atoms with Gasteiger partial charge in [0.1, 0.15) is 12.4 Å². The number of hydrogen-bond acceptors (Lipinski definition) is 3. The molecule has 0 radical (unpaired) electrons.